The number of halogens is 3. The Morgan fingerprint density at radius 3 is 2.50 bits per heavy atom. The zero-order valence-electron chi connectivity index (χ0n) is 6.26. The lowest BCUT2D eigenvalue weighted by atomic mass is 10.4. The Hall–Kier alpha value is -0.240. The molecule has 0 atom stereocenters. The van der Waals surface area contributed by atoms with Gasteiger partial charge in [0.2, 0.25) is 0 Å². The summed E-state index contributed by atoms with van der Waals surface area (Å²) in [6.07, 6.45) is -2.58. The van der Waals surface area contributed by atoms with Crippen LogP contribution in [-0.4, -0.2) is 14.9 Å². The molecular weight excluding hydrogens is 281 g/mol. The Kier molecular flexibility index (Phi) is 2.99. The van der Waals surface area contributed by atoms with Crippen LogP contribution in [0, 0.1) is 3.57 Å². The number of hydrogen-bond donors (Lipinski definition) is 1. The van der Waals surface area contributed by atoms with E-state index in [1.165, 1.54) is 11.7 Å². The monoisotopic (exact) mass is 288 g/mol. The maximum absolute atomic E-state index is 12.2. The summed E-state index contributed by atoms with van der Waals surface area (Å²) in [6, 6.07) is 0. The predicted octanol–water partition coefficient (Wildman–Crippen LogP) is 1.45. The Bertz CT molecular complexity index is 287. The van der Waals surface area contributed by atoms with Crippen LogP contribution in [0.3, 0.4) is 0 Å². The van der Waals surface area contributed by atoms with E-state index in [2.05, 4.69) is 5.10 Å². The highest BCUT2D eigenvalue weighted by Crippen LogP contribution is 2.25. The Balaban J connectivity index is 3.17. The van der Waals surface area contributed by atoms with Crippen molar-refractivity contribution in [3.05, 3.63) is 15.0 Å². The van der Waals surface area contributed by atoms with Crippen LogP contribution in [0.25, 0.3) is 0 Å². The summed E-state index contributed by atoms with van der Waals surface area (Å²) < 4.78 is 26.0. The molecule has 68 valence electrons. The quantitative estimate of drug-likeness (QED) is 0.837. The molecule has 1 rings (SSSR count). The van der Waals surface area contributed by atoms with E-state index in [0.717, 1.165) is 0 Å². The molecule has 0 saturated carbocycles. The molecule has 0 aliphatic heterocycles. The second-order valence-corrected chi connectivity index (χ2v) is 3.31. The minimum absolute atomic E-state index is 0.262. The number of hydrogen-bond acceptors (Lipinski definition) is 2. The molecular formula is C6H7F2IN2O. The summed E-state index contributed by atoms with van der Waals surface area (Å²) in [6.45, 7) is -0.269. The molecule has 0 fully saturated rings. The van der Waals surface area contributed by atoms with Crippen LogP contribution >= 0.6 is 22.6 Å². The van der Waals surface area contributed by atoms with Crippen LogP contribution < -0.4 is 0 Å². The summed E-state index contributed by atoms with van der Waals surface area (Å²) in [4.78, 5) is 0. The number of aliphatic hydroxyl groups excluding tert-OH is 1. The van der Waals surface area contributed by atoms with Crippen molar-refractivity contribution in [3.8, 4) is 0 Å². The third-order valence-electron chi connectivity index (χ3n) is 1.48. The maximum atomic E-state index is 12.2. The number of aliphatic hydroxyl groups is 1. The van der Waals surface area contributed by atoms with Crippen LogP contribution in [0.2, 0.25) is 0 Å². The number of rotatable bonds is 2. The third-order valence-corrected chi connectivity index (χ3v) is 2.66. The lowest BCUT2D eigenvalue weighted by molar-refractivity contribution is 0.144. The molecule has 0 amide bonds. The van der Waals surface area contributed by atoms with Crippen LogP contribution in [0.4, 0.5) is 8.78 Å². The molecule has 1 N–H and O–H groups in total. The van der Waals surface area contributed by atoms with Crippen molar-refractivity contribution in [2.45, 2.75) is 13.0 Å². The lowest BCUT2D eigenvalue weighted by Gasteiger charge is -1.95. The molecule has 0 aromatic carbocycles. The van der Waals surface area contributed by atoms with E-state index >= 15 is 0 Å². The molecule has 1 aromatic heterocycles. The van der Waals surface area contributed by atoms with E-state index in [-0.39, 0.29) is 12.3 Å². The molecule has 0 saturated heterocycles. The van der Waals surface area contributed by atoms with E-state index < -0.39 is 6.43 Å². The minimum atomic E-state index is -2.58. The summed E-state index contributed by atoms with van der Waals surface area (Å²) >= 11 is 1.75. The standard InChI is InChI=1S/C6H7F2IN2O/c1-11-3(2-12)4(9)5(10-11)6(7)8/h6,12H,2H2,1H3. The van der Waals surface area contributed by atoms with Crippen molar-refractivity contribution in [1.29, 1.82) is 0 Å². The molecule has 3 nitrogen and oxygen atoms in total. The van der Waals surface area contributed by atoms with Gasteiger partial charge in [0.25, 0.3) is 6.43 Å². The van der Waals surface area contributed by atoms with Crippen molar-refractivity contribution in [3.63, 3.8) is 0 Å². The number of aryl methyl sites for hydroxylation is 1. The van der Waals surface area contributed by atoms with Gasteiger partial charge in [0.15, 0.2) is 0 Å². The number of aromatic nitrogens is 2. The van der Waals surface area contributed by atoms with Crippen LogP contribution in [0.5, 0.6) is 0 Å². The van der Waals surface area contributed by atoms with Gasteiger partial charge in [0, 0.05) is 7.05 Å². The van der Waals surface area contributed by atoms with Gasteiger partial charge in [-0.25, -0.2) is 8.78 Å². The van der Waals surface area contributed by atoms with Crippen LogP contribution in [0.1, 0.15) is 17.8 Å². The zero-order valence-corrected chi connectivity index (χ0v) is 8.42. The van der Waals surface area contributed by atoms with Crippen molar-refractivity contribution in [1.82, 2.24) is 9.78 Å². The highest BCUT2D eigenvalue weighted by atomic mass is 127. The Morgan fingerprint density at radius 2 is 2.25 bits per heavy atom. The van der Waals surface area contributed by atoms with E-state index in [1.54, 1.807) is 22.6 Å². The van der Waals surface area contributed by atoms with Gasteiger partial charge in [0.05, 0.1) is 15.9 Å². The predicted molar refractivity (Wildman–Crippen MR) is 46.8 cm³/mol. The summed E-state index contributed by atoms with van der Waals surface area (Å²) in [7, 11) is 1.53. The van der Waals surface area contributed by atoms with E-state index in [4.69, 9.17) is 5.11 Å². The molecule has 1 aromatic rings. The van der Waals surface area contributed by atoms with Gasteiger partial charge < -0.3 is 5.11 Å². The van der Waals surface area contributed by atoms with Gasteiger partial charge in [-0.05, 0) is 22.6 Å². The van der Waals surface area contributed by atoms with Crippen molar-refractivity contribution in [2.24, 2.45) is 7.05 Å². The van der Waals surface area contributed by atoms with Gasteiger partial charge in [-0.3, -0.25) is 4.68 Å². The molecule has 6 heteroatoms. The number of alkyl halides is 2. The average Bonchev–Trinajstić information content (AvgIpc) is 2.27. The van der Waals surface area contributed by atoms with Crippen molar-refractivity contribution < 1.29 is 13.9 Å². The fourth-order valence-electron chi connectivity index (χ4n) is 0.867. The second-order valence-electron chi connectivity index (χ2n) is 2.23. The van der Waals surface area contributed by atoms with E-state index in [1.807, 2.05) is 0 Å². The van der Waals surface area contributed by atoms with Crippen LogP contribution in [0.15, 0.2) is 0 Å². The number of nitrogens with zero attached hydrogens (tertiary/aromatic N) is 2. The van der Waals surface area contributed by atoms with Gasteiger partial charge in [-0.2, -0.15) is 5.10 Å². The third kappa shape index (κ3) is 1.58. The van der Waals surface area contributed by atoms with Gasteiger partial charge in [-0.1, -0.05) is 0 Å². The topological polar surface area (TPSA) is 38.0 Å². The first-order chi connectivity index (χ1) is 5.57. The molecule has 12 heavy (non-hydrogen) atoms. The molecule has 1 heterocycles. The highest BCUT2D eigenvalue weighted by Gasteiger charge is 2.19. The molecule has 0 spiro atoms. The first-order valence-electron chi connectivity index (χ1n) is 3.18. The van der Waals surface area contributed by atoms with Gasteiger partial charge >= 0.3 is 0 Å². The smallest absolute Gasteiger partial charge is 0.283 e. The first kappa shape index (κ1) is 9.85. The fraction of sp³-hybridized carbons (Fsp3) is 0.500. The normalized spacial score (nSPS) is 11.2. The fourth-order valence-corrected chi connectivity index (χ4v) is 1.73. The molecule has 0 aliphatic rings. The molecule has 0 radical (unpaired) electrons. The zero-order chi connectivity index (χ0) is 9.30. The Morgan fingerprint density at radius 1 is 1.67 bits per heavy atom. The second kappa shape index (κ2) is 3.65. The van der Waals surface area contributed by atoms with E-state index in [0.29, 0.717) is 9.26 Å². The minimum Gasteiger partial charge on any atom is -0.390 e. The molecule has 0 aliphatic carbocycles. The Labute approximate surface area is 81.5 Å². The average molecular weight is 288 g/mol. The molecule has 0 bridgehead atoms. The van der Waals surface area contributed by atoms with Crippen LogP contribution in [-0.2, 0) is 13.7 Å². The first-order valence-corrected chi connectivity index (χ1v) is 4.26. The summed E-state index contributed by atoms with van der Waals surface area (Å²) in [5.74, 6) is 0. The van der Waals surface area contributed by atoms with E-state index in [9.17, 15) is 8.78 Å². The lowest BCUT2D eigenvalue weighted by Crippen LogP contribution is -1.98. The van der Waals surface area contributed by atoms with Gasteiger partial charge in [0.1, 0.15) is 5.69 Å². The SMILES string of the molecule is Cn1nc(C(F)F)c(I)c1CO. The highest BCUT2D eigenvalue weighted by molar-refractivity contribution is 14.1. The van der Waals surface area contributed by atoms with Gasteiger partial charge in [-0.15, -0.1) is 0 Å². The largest absolute Gasteiger partial charge is 0.390 e. The summed E-state index contributed by atoms with van der Waals surface area (Å²) in [5, 5.41) is 12.4. The molecule has 0 unspecified atom stereocenters. The maximum Gasteiger partial charge on any atom is 0.283 e. The van der Waals surface area contributed by atoms with Crippen molar-refractivity contribution in [2.75, 3.05) is 0 Å². The van der Waals surface area contributed by atoms with Crippen molar-refractivity contribution >= 4 is 22.6 Å². The summed E-state index contributed by atoms with van der Waals surface area (Å²) in [5.41, 5.74) is 0.160.